The molecule has 0 radical (unpaired) electrons. The van der Waals surface area contributed by atoms with Crippen molar-refractivity contribution in [2.45, 2.75) is 32.6 Å². The predicted octanol–water partition coefficient (Wildman–Crippen LogP) is 7.00. The molecule has 208 valence electrons. The average molecular weight is 565 g/mol. The van der Waals surface area contributed by atoms with Gasteiger partial charge in [0, 0.05) is 11.1 Å². The average Bonchev–Trinajstić information content (AvgIpc) is 3.46. The third kappa shape index (κ3) is 5.66. The molecule has 8 heteroatoms. The number of nitrogens with one attached hydrogen (secondary N) is 1. The minimum Gasteiger partial charge on any atom is -0.354 e. The molecule has 7 nitrogen and oxygen atoms in total. The number of primary sulfonamides is 1. The van der Waals surface area contributed by atoms with Crippen LogP contribution in [0.4, 0.5) is 11.5 Å². The molecular weight excluding hydrogens is 532 g/mol. The summed E-state index contributed by atoms with van der Waals surface area (Å²) in [5, 5.41) is 12.9. The minimum atomic E-state index is -3.47. The Hall–Kier alpha value is -4.27. The highest BCUT2D eigenvalue weighted by Gasteiger charge is 2.52. The Morgan fingerprint density at radius 3 is 2.24 bits per heavy atom. The zero-order valence-electron chi connectivity index (χ0n) is 23.3. The molecule has 2 aromatic heterocycles. The predicted molar refractivity (Wildman–Crippen MR) is 163 cm³/mol. The van der Waals surface area contributed by atoms with Crippen molar-refractivity contribution < 1.29 is 12.9 Å². The zero-order chi connectivity index (χ0) is 28.8. The molecule has 1 saturated carbocycles. The maximum atomic E-state index is 11.5. The van der Waals surface area contributed by atoms with Gasteiger partial charge in [0.05, 0.1) is 11.4 Å². The first-order valence-corrected chi connectivity index (χ1v) is 15.3. The van der Waals surface area contributed by atoms with Crippen molar-refractivity contribution in [2.75, 3.05) is 11.1 Å². The summed E-state index contributed by atoms with van der Waals surface area (Å²) >= 11 is 0. The Bertz CT molecular complexity index is 1830. The van der Waals surface area contributed by atoms with E-state index in [1.54, 1.807) is 0 Å². The third-order valence-electron chi connectivity index (χ3n) is 8.05. The van der Waals surface area contributed by atoms with E-state index >= 15 is 0 Å². The molecular formula is C33H32N4O3S. The molecule has 1 aliphatic rings. The molecule has 0 spiro atoms. The Balaban J connectivity index is 1.20. The van der Waals surface area contributed by atoms with Crippen molar-refractivity contribution in [3.8, 4) is 33.7 Å². The van der Waals surface area contributed by atoms with Gasteiger partial charge in [-0.25, -0.2) is 18.5 Å². The van der Waals surface area contributed by atoms with Gasteiger partial charge in [0.25, 0.3) is 0 Å². The van der Waals surface area contributed by atoms with E-state index in [9.17, 15) is 8.42 Å². The van der Waals surface area contributed by atoms with Crippen LogP contribution < -0.4 is 10.5 Å². The number of nitrogens with zero attached hydrogens (tertiary/aromatic N) is 2. The number of benzene rings is 3. The molecule has 3 N–H and O–H groups in total. The van der Waals surface area contributed by atoms with Crippen molar-refractivity contribution in [3.05, 3.63) is 108 Å². The lowest BCUT2D eigenvalue weighted by Gasteiger charge is -2.13. The summed E-state index contributed by atoms with van der Waals surface area (Å²) in [7, 11) is -3.47. The Labute approximate surface area is 240 Å². The molecule has 2 unspecified atom stereocenters. The van der Waals surface area contributed by atoms with Crippen LogP contribution in [0.15, 0.2) is 95.5 Å². The Kier molecular flexibility index (Phi) is 6.76. The first-order valence-electron chi connectivity index (χ1n) is 13.6. The van der Waals surface area contributed by atoms with Crippen LogP contribution in [0.1, 0.15) is 30.2 Å². The quantitative estimate of drug-likeness (QED) is 0.210. The van der Waals surface area contributed by atoms with Gasteiger partial charge in [0.15, 0.2) is 5.76 Å². The monoisotopic (exact) mass is 564 g/mol. The number of rotatable bonds is 8. The molecule has 1 aliphatic carbocycles. The number of hydrogen-bond donors (Lipinski definition) is 2. The molecule has 2 atom stereocenters. The van der Waals surface area contributed by atoms with Crippen molar-refractivity contribution >= 4 is 21.5 Å². The molecule has 0 aliphatic heterocycles. The minimum absolute atomic E-state index is 0.0267. The first kappa shape index (κ1) is 26.9. The van der Waals surface area contributed by atoms with Crippen LogP contribution in [0, 0.1) is 19.8 Å². The van der Waals surface area contributed by atoms with E-state index in [-0.39, 0.29) is 17.1 Å². The fourth-order valence-electron chi connectivity index (χ4n) is 5.50. The maximum absolute atomic E-state index is 11.5. The SMILES string of the molecule is Cc1cccc(-c2cccc(Nc3c(C)noc3-c3ccc(-c4ccc(C5(C)CC5CS(N)(=O)=O)cc4)cc3)n2)c1. The molecule has 2 heterocycles. The second-order valence-corrected chi connectivity index (χ2v) is 12.8. The number of hydrogen-bond acceptors (Lipinski definition) is 6. The zero-order valence-corrected chi connectivity index (χ0v) is 24.1. The van der Waals surface area contributed by atoms with Crippen LogP contribution >= 0.6 is 0 Å². The number of aromatic nitrogens is 2. The molecule has 0 saturated heterocycles. The summed E-state index contributed by atoms with van der Waals surface area (Å²) in [5.74, 6) is 1.45. The van der Waals surface area contributed by atoms with Crippen molar-refractivity contribution in [2.24, 2.45) is 11.1 Å². The third-order valence-corrected chi connectivity index (χ3v) is 8.92. The summed E-state index contributed by atoms with van der Waals surface area (Å²) < 4.78 is 28.8. The van der Waals surface area contributed by atoms with Crippen molar-refractivity contribution in [3.63, 3.8) is 0 Å². The van der Waals surface area contributed by atoms with Gasteiger partial charge in [-0.15, -0.1) is 0 Å². The highest BCUT2D eigenvalue weighted by Crippen LogP contribution is 2.54. The van der Waals surface area contributed by atoms with Gasteiger partial charge in [0.1, 0.15) is 17.2 Å². The van der Waals surface area contributed by atoms with Gasteiger partial charge >= 0.3 is 0 Å². The van der Waals surface area contributed by atoms with Crippen molar-refractivity contribution in [1.82, 2.24) is 10.1 Å². The lowest BCUT2D eigenvalue weighted by Crippen LogP contribution is -2.20. The van der Waals surface area contributed by atoms with Crippen LogP contribution in [-0.4, -0.2) is 24.3 Å². The van der Waals surface area contributed by atoms with Gasteiger partial charge in [0.2, 0.25) is 10.0 Å². The van der Waals surface area contributed by atoms with E-state index in [1.165, 1.54) is 5.56 Å². The molecule has 3 aromatic carbocycles. The number of pyridine rings is 1. The standard InChI is InChI=1S/C33H32N4O3S/c1-21-6-4-7-26(18-21)29-8-5-9-30(35-29)36-31-22(2)37-40-32(31)25-12-10-23(11-13-25)24-14-16-27(17-15-24)33(3)19-28(33)20-41(34,38)39/h4-18,28H,19-20H2,1-3H3,(H,35,36)(H2,34,38,39). The van der Waals surface area contributed by atoms with Crippen LogP contribution in [-0.2, 0) is 15.4 Å². The number of aryl methyl sites for hydroxylation is 2. The summed E-state index contributed by atoms with van der Waals surface area (Å²) in [6.07, 6.45) is 0.830. The van der Waals surface area contributed by atoms with Crippen LogP contribution in [0.5, 0.6) is 0 Å². The Morgan fingerprint density at radius 2 is 1.56 bits per heavy atom. The smallest absolute Gasteiger partial charge is 0.209 e. The largest absolute Gasteiger partial charge is 0.354 e. The van der Waals surface area contributed by atoms with Gasteiger partial charge in [-0.05, 0) is 66.5 Å². The fourth-order valence-corrected chi connectivity index (χ4v) is 6.55. The first-order chi connectivity index (χ1) is 19.6. The molecule has 6 rings (SSSR count). The van der Waals surface area contributed by atoms with E-state index in [4.69, 9.17) is 14.6 Å². The maximum Gasteiger partial charge on any atom is 0.209 e. The van der Waals surface area contributed by atoms with E-state index in [0.717, 1.165) is 51.3 Å². The molecule has 1 fully saturated rings. The van der Waals surface area contributed by atoms with Crippen LogP contribution in [0.25, 0.3) is 33.7 Å². The van der Waals surface area contributed by atoms with E-state index < -0.39 is 10.0 Å². The topological polar surface area (TPSA) is 111 Å². The van der Waals surface area contributed by atoms with Gasteiger partial charge in [-0.2, -0.15) is 0 Å². The molecule has 5 aromatic rings. The van der Waals surface area contributed by atoms with Gasteiger partial charge < -0.3 is 9.84 Å². The number of anilines is 2. The lowest BCUT2D eigenvalue weighted by atomic mass is 9.93. The summed E-state index contributed by atoms with van der Waals surface area (Å²) in [4.78, 5) is 4.82. The second kappa shape index (κ2) is 10.3. The molecule has 41 heavy (non-hydrogen) atoms. The number of sulfonamides is 1. The van der Waals surface area contributed by atoms with Crippen molar-refractivity contribution in [1.29, 1.82) is 0 Å². The van der Waals surface area contributed by atoms with Gasteiger partial charge in [-0.1, -0.05) is 90.4 Å². The molecule has 0 amide bonds. The van der Waals surface area contributed by atoms with E-state index in [0.29, 0.717) is 11.6 Å². The van der Waals surface area contributed by atoms with E-state index in [2.05, 4.69) is 78.9 Å². The van der Waals surface area contributed by atoms with E-state index in [1.807, 2.05) is 43.3 Å². The normalized spacial score (nSPS) is 18.3. The summed E-state index contributed by atoms with van der Waals surface area (Å²) in [5.41, 5.74) is 8.71. The molecule has 0 bridgehead atoms. The summed E-state index contributed by atoms with van der Waals surface area (Å²) in [6.45, 7) is 6.08. The van der Waals surface area contributed by atoms with Gasteiger partial charge in [-0.3, -0.25) is 0 Å². The second-order valence-electron chi connectivity index (χ2n) is 11.2. The lowest BCUT2D eigenvalue weighted by molar-refractivity contribution is 0.427. The van der Waals surface area contributed by atoms with Crippen LogP contribution in [0.3, 0.4) is 0 Å². The highest BCUT2D eigenvalue weighted by molar-refractivity contribution is 7.89. The number of nitrogens with two attached hydrogens (primary N) is 1. The highest BCUT2D eigenvalue weighted by atomic mass is 32.2. The van der Waals surface area contributed by atoms with Crippen LogP contribution in [0.2, 0.25) is 0 Å². The summed E-state index contributed by atoms with van der Waals surface area (Å²) in [6, 6.07) is 30.7. The fraction of sp³-hybridized carbons (Fsp3) is 0.212. The Morgan fingerprint density at radius 1 is 0.902 bits per heavy atom.